The topological polar surface area (TPSA) is 89.3 Å². The largest absolute Gasteiger partial charge is 0.504 e. The number of carbonyl (C=O) groups excluding carboxylic acids is 1. The summed E-state index contributed by atoms with van der Waals surface area (Å²) in [5.41, 5.74) is 4.27. The number of hydrogen-bond acceptors (Lipinski definition) is 5. The van der Waals surface area contributed by atoms with Crippen LogP contribution < -0.4 is 10.1 Å². The van der Waals surface area contributed by atoms with Crippen LogP contribution in [0, 0.1) is 5.82 Å². The number of amides is 1. The smallest absolute Gasteiger partial charge is 0.225 e. The molecule has 1 amide bonds. The molecule has 2 N–H and O–H groups in total. The number of phenolic OH excluding ortho intramolecular Hbond substituents is 1. The first-order chi connectivity index (χ1) is 14.5. The molecule has 7 nitrogen and oxygen atoms in total. The molecule has 8 heteroatoms. The molecular formula is C22H17FN4O3. The molecule has 1 atom stereocenters. The fraction of sp³-hybridized carbons (Fsp3) is 0.136. The second-order valence-electron chi connectivity index (χ2n) is 7.10. The maximum atomic E-state index is 13.3. The minimum absolute atomic E-state index is 0.0298. The number of anilines is 1. The lowest BCUT2D eigenvalue weighted by atomic mass is 9.84. The van der Waals surface area contributed by atoms with Gasteiger partial charge in [0.25, 0.3) is 0 Å². The fourth-order valence-corrected chi connectivity index (χ4v) is 3.84. The van der Waals surface area contributed by atoms with Crippen molar-refractivity contribution < 1.29 is 19.0 Å². The van der Waals surface area contributed by atoms with Crippen molar-refractivity contribution in [3.63, 3.8) is 0 Å². The number of methoxy groups -OCH3 is 1. The summed E-state index contributed by atoms with van der Waals surface area (Å²) in [5, 5.41) is 22.0. The molecule has 0 saturated heterocycles. The van der Waals surface area contributed by atoms with E-state index in [9.17, 15) is 14.3 Å². The van der Waals surface area contributed by atoms with Crippen molar-refractivity contribution in [3.05, 3.63) is 71.5 Å². The van der Waals surface area contributed by atoms with Gasteiger partial charge in [-0.15, -0.1) is 10.2 Å². The number of carbonyl (C=O) groups is 1. The number of rotatable bonds is 3. The van der Waals surface area contributed by atoms with E-state index in [4.69, 9.17) is 4.74 Å². The lowest BCUT2D eigenvalue weighted by molar-refractivity contribution is -0.116. The average molecular weight is 404 g/mol. The number of hydrogen-bond donors (Lipinski definition) is 2. The molecule has 1 aromatic heterocycles. The van der Waals surface area contributed by atoms with Crippen molar-refractivity contribution in [1.29, 1.82) is 0 Å². The second kappa shape index (κ2) is 6.84. The number of benzene rings is 3. The maximum absolute atomic E-state index is 13.3. The molecule has 5 rings (SSSR count). The van der Waals surface area contributed by atoms with Crippen LogP contribution in [-0.2, 0) is 4.79 Å². The van der Waals surface area contributed by atoms with Gasteiger partial charge in [0.15, 0.2) is 11.5 Å². The van der Waals surface area contributed by atoms with Crippen LogP contribution in [0.3, 0.4) is 0 Å². The molecule has 3 aromatic carbocycles. The molecule has 0 radical (unpaired) electrons. The predicted molar refractivity (Wildman–Crippen MR) is 109 cm³/mol. The van der Waals surface area contributed by atoms with Gasteiger partial charge in [-0.2, -0.15) is 4.80 Å². The summed E-state index contributed by atoms with van der Waals surface area (Å²) in [6.07, 6.45) is 0.226. The molecule has 2 heterocycles. The van der Waals surface area contributed by atoms with E-state index in [0.29, 0.717) is 28.2 Å². The summed E-state index contributed by atoms with van der Waals surface area (Å²) in [6.45, 7) is 0. The summed E-state index contributed by atoms with van der Waals surface area (Å²) in [6, 6.07) is 14.6. The maximum Gasteiger partial charge on any atom is 0.225 e. The van der Waals surface area contributed by atoms with Crippen LogP contribution in [0.4, 0.5) is 10.1 Å². The zero-order chi connectivity index (χ0) is 20.8. The molecule has 1 aliphatic rings. The molecule has 0 aliphatic carbocycles. The van der Waals surface area contributed by atoms with E-state index in [-0.39, 0.29) is 29.8 Å². The van der Waals surface area contributed by atoms with Crippen LogP contribution in [0.1, 0.15) is 23.5 Å². The third-order valence-electron chi connectivity index (χ3n) is 5.27. The molecule has 0 saturated carbocycles. The van der Waals surface area contributed by atoms with E-state index >= 15 is 0 Å². The lowest BCUT2D eigenvalue weighted by Gasteiger charge is -2.26. The Labute approximate surface area is 170 Å². The van der Waals surface area contributed by atoms with Gasteiger partial charge in [0.2, 0.25) is 5.91 Å². The minimum Gasteiger partial charge on any atom is -0.504 e. The highest BCUT2D eigenvalue weighted by molar-refractivity contribution is 5.99. The SMILES string of the molecule is COc1cc(C2CC(=O)Nc3ccc4nn(-c5ccc(F)cc5)nc4c32)ccc1O. The van der Waals surface area contributed by atoms with Crippen molar-refractivity contribution >= 4 is 22.6 Å². The first kappa shape index (κ1) is 18.1. The van der Waals surface area contributed by atoms with Crippen LogP contribution in [0.15, 0.2) is 54.6 Å². The van der Waals surface area contributed by atoms with E-state index in [1.54, 1.807) is 36.4 Å². The quantitative estimate of drug-likeness (QED) is 0.543. The zero-order valence-electron chi connectivity index (χ0n) is 16.0. The molecule has 0 fully saturated rings. The summed E-state index contributed by atoms with van der Waals surface area (Å²) in [4.78, 5) is 13.8. The number of nitrogens with one attached hydrogen (secondary N) is 1. The first-order valence-electron chi connectivity index (χ1n) is 9.36. The van der Waals surface area contributed by atoms with E-state index in [1.165, 1.54) is 24.0 Å². The van der Waals surface area contributed by atoms with Crippen molar-refractivity contribution in [3.8, 4) is 17.2 Å². The van der Waals surface area contributed by atoms with E-state index in [1.807, 2.05) is 6.07 Å². The highest BCUT2D eigenvalue weighted by Crippen LogP contribution is 2.42. The van der Waals surface area contributed by atoms with Gasteiger partial charge in [0.1, 0.15) is 16.9 Å². The highest BCUT2D eigenvalue weighted by Gasteiger charge is 2.30. The van der Waals surface area contributed by atoms with Gasteiger partial charge in [-0.1, -0.05) is 6.07 Å². The van der Waals surface area contributed by atoms with Crippen LogP contribution >= 0.6 is 0 Å². The monoisotopic (exact) mass is 404 g/mol. The van der Waals surface area contributed by atoms with Gasteiger partial charge in [0, 0.05) is 23.6 Å². The Morgan fingerprint density at radius 1 is 1.13 bits per heavy atom. The Morgan fingerprint density at radius 2 is 1.93 bits per heavy atom. The summed E-state index contributed by atoms with van der Waals surface area (Å²) < 4.78 is 18.5. The van der Waals surface area contributed by atoms with E-state index in [2.05, 4.69) is 15.5 Å². The Morgan fingerprint density at radius 3 is 2.70 bits per heavy atom. The number of halogens is 1. The number of aromatic nitrogens is 3. The summed E-state index contributed by atoms with van der Waals surface area (Å²) >= 11 is 0. The third kappa shape index (κ3) is 2.93. The van der Waals surface area contributed by atoms with E-state index < -0.39 is 0 Å². The Hall–Kier alpha value is -3.94. The molecule has 1 unspecified atom stereocenters. The predicted octanol–water partition coefficient (Wildman–Crippen LogP) is 3.75. The molecule has 0 spiro atoms. The Balaban J connectivity index is 1.69. The molecule has 0 bridgehead atoms. The van der Waals surface area contributed by atoms with Crippen molar-refractivity contribution in [2.24, 2.45) is 0 Å². The van der Waals surface area contributed by atoms with E-state index in [0.717, 1.165) is 11.1 Å². The number of ether oxygens (including phenoxy) is 1. The van der Waals surface area contributed by atoms with Gasteiger partial charge in [0.05, 0.1) is 12.8 Å². The lowest BCUT2D eigenvalue weighted by Crippen LogP contribution is -2.23. The van der Waals surface area contributed by atoms with Crippen molar-refractivity contribution in [1.82, 2.24) is 15.0 Å². The standard InChI is InChI=1S/C22H17FN4O3/c1-30-19-10-12(2-9-18(19)28)15-11-20(29)24-16-7-8-17-22(21(15)16)26-27(25-17)14-5-3-13(23)4-6-14/h2-10,15,28H,11H2,1H3,(H,24,29). The molecule has 1 aliphatic heterocycles. The molecular weight excluding hydrogens is 387 g/mol. The third-order valence-corrected chi connectivity index (χ3v) is 5.27. The first-order valence-corrected chi connectivity index (χ1v) is 9.36. The highest BCUT2D eigenvalue weighted by atomic mass is 19.1. The Kier molecular flexibility index (Phi) is 4.13. The zero-order valence-corrected chi connectivity index (χ0v) is 16.0. The number of nitrogens with zero attached hydrogens (tertiary/aromatic N) is 3. The van der Waals surface area contributed by atoms with Crippen molar-refractivity contribution in [2.45, 2.75) is 12.3 Å². The van der Waals surface area contributed by atoms with Crippen LogP contribution in [0.2, 0.25) is 0 Å². The Bertz CT molecular complexity index is 1280. The molecule has 30 heavy (non-hydrogen) atoms. The van der Waals surface area contributed by atoms with Crippen LogP contribution in [0.25, 0.3) is 16.7 Å². The normalized spacial score (nSPS) is 15.7. The number of aromatic hydroxyl groups is 1. The minimum atomic E-state index is -0.336. The second-order valence-corrected chi connectivity index (χ2v) is 7.10. The van der Waals surface area contributed by atoms with Gasteiger partial charge in [-0.3, -0.25) is 4.79 Å². The fourth-order valence-electron chi connectivity index (χ4n) is 3.84. The van der Waals surface area contributed by atoms with Crippen LogP contribution in [0.5, 0.6) is 11.5 Å². The van der Waals surface area contributed by atoms with Crippen molar-refractivity contribution in [2.75, 3.05) is 12.4 Å². The summed E-state index contributed by atoms with van der Waals surface area (Å²) in [5.74, 6) is -0.364. The molecule has 150 valence electrons. The number of fused-ring (bicyclic) bond motifs is 3. The van der Waals surface area contributed by atoms with Gasteiger partial charge in [-0.25, -0.2) is 4.39 Å². The number of phenols is 1. The van der Waals surface area contributed by atoms with Gasteiger partial charge in [-0.05, 0) is 54.1 Å². The summed E-state index contributed by atoms with van der Waals surface area (Å²) in [7, 11) is 1.48. The van der Waals surface area contributed by atoms with Gasteiger partial charge < -0.3 is 15.2 Å². The van der Waals surface area contributed by atoms with Crippen LogP contribution in [-0.4, -0.2) is 33.1 Å². The average Bonchev–Trinajstić information content (AvgIpc) is 3.18. The molecule has 4 aromatic rings. The van der Waals surface area contributed by atoms with Gasteiger partial charge >= 0.3 is 0 Å².